The van der Waals surface area contributed by atoms with E-state index >= 15 is 0 Å². The summed E-state index contributed by atoms with van der Waals surface area (Å²) in [5, 5.41) is 11.9. The Balaban J connectivity index is 2.27. The molecule has 1 aromatic heterocycles. The lowest BCUT2D eigenvalue weighted by Gasteiger charge is -2.08. The fourth-order valence-electron chi connectivity index (χ4n) is 1.58. The van der Waals surface area contributed by atoms with Crippen LogP contribution in [0.2, 0.25) is 0 Å². The van der Waals surface area contributed by atoms with Crippen molar-refractivity contribution in [1.29, 1.82) is 0 Å². The molecular formula is C13H12N2O3. The Bertz CT molecular complexity index is 647. The highest BCUT2D eigenvalue weighted by Crippen LogP contribution is 2.20. The molecule has 0 saturated heterocycles. The summed E-state index contributed by atoms with van der Waals surface area (Å²) < 4.78 is 0. The smallest absolute Gasteiger partial charge is 0.261 e. The van der Waals surface area contributed by atoms with Gasteiger partial charge in [-0.15, -0.1) is 0 Å². The van der Waals surface area contributed by atoms with E-state index in [2.05, 4.69) is 10.3 Å². The summed E-state index contributed by atoms with van der Waals surface area (Å²) >= 11 is 0. The summed E-state index contributed by atoms with van der Waals surface area (Å²) in [6.45, 7) is 1.75. The zero-order chi connectivity index (χ0) is 13.1. The first kappa shape index (κ1) is 11.9. The van der Waals surface area contributed by atoms with Crippen LogP contribution in [0.1, 0.15) is 15.9 Å². The number of aromatic hydroxyl groups is 1. The van der Waals surface area contributed by atoms with Gasteiger partial charge in [-0.3, -0.25) is 9.59 Å². The van der Waals surface area contributed by atoms with E-state index in [4.69, 9.17) is 0 Å². The van der Waals surface area contributed by atoms with Crippen LogP contribution >= 0.6 is 0 Å². The Morgan fingerprint density at radius 2 is 2.11 bits per heavy atom. The maximum absolute atomic E-state index is 11.9. The van der Waals surface area contributed by atoms with Gasteiger partial charge in [-0.2, -0.15) is 0 Å². The number of aryl methyl sites for hydroxylation is 1. The second kappa shape index (κ2) is 4.75. The first-order valence-corrected chi connectivity index (χ1v) is 5.36. The van der Waals surface area contributed by atoms with Gasteiger partial charge in [0.1, 0.15) is 11.3 Å². The molecule has 2 rings (SSSR count). The van der Waals surface area contributed by atoms with Crippen LogP contribution in [-0.4, -0.2) is 16.0 Å². The Hall–Kier alpha value is -2.56. The highest BCUT2D eigenvalue weighted by atomic mass is 16.3. The van der Waals surface area contributed by atoms with Crippen LogP contribution in [0.5, 0.6) is 5.75 Å². The standard InChI is InChI=1S/C13H12N2O3/c1-8-7-9(16)4-5-11(8)15-13(18)10-3-2-6-14-12(10)17/h2-7,16H,1H3,(H,14,17)(H,15,18). The molecule has 0 spiro atoms. The highest BCUT2D eigenvalue weighted by molar-refractivity contribution is 6.04. The zero-order valence-electron chi connectivity index (χ0n) is 9.73. The van der Waals surface area contributed by atoms with Crippen molar-refractivity contribution in [3.8, 4) is 5.75 Å². The maximum Gasteiger partial charge on any atom is 0.261 e. The number of rotatable bonds is 2. The number of amides is 1. The topological polar surface area (TPSA) is 82.2 Å². The number of hydrogen-bond donors (Lipinski definition) is 3. The van der Waals surface area contributed by atoms with E-state index in [1.165, 1.54) is 24.4 Å². The molecule has 0 aliphatic carbocycles. The summed E-state index contributed by atoms with van der Waals surface area (Å²) in [5.74, 6) is -0.353. The molecule has 0 atom stereocenters. The molecule has 0 bridgehead atoms. The van der Waals surface area contributed by atoms with Crippen molar-refractivity contribution in [3.63, 3.8) is 0 Å². The third kappa shape index (κ3) is 2.40. The van der Waals surface area contributed by atoms with Crippen molar-refractivity contribution in [2.45, 2.75) is 6.92 Å². The molecule has 0 radical (unpaired) electrons. The number of H-pyrrole nitrogens is 1. The molecule has 1 aromatic carbocycles. The van der Waals surface area contributed by atoms with Crippen molar-refractivity contribution in [2.75, 3.05) is 5.32 Å². The number of carbonyl (C=O) groups excluding carboxylic acids is 1. The van der Waals surface area contributed by atoms with Crippen LogP contribution in [0.3, 0.4) is 0 Å². The number of hydrogen-bond acceptors (Lipinski definition) is 3. The molecule has 1 amide bonds. The van der Waals surface area contributed by atoms with Gasteiger partial charge in [0.2, 0.25) is 0 Å². The highest BCUT2D eigenvalue weighted by Gasteiger charge is 2.11. The summed E-state index contributed by atoms with van der Waals surface area (Å²) in [6, 6.07) is 7.62. The predicted octanol–water partition coefficient (Wildman–Crippen LogP) is 1.64. The molecule has 18 heavy (non-hydrogen) atoms. The predicted molar refractivity (Wildman–Crippen MR) is 67.9 cm³/mol. The van der Waals surface area contributed by atoms with Crippen molar-refractivity contribution >= 4 is 11.6 Å². The third-order valence-electron chi connectivity index (χ3n) is 2.52. The lowest BCUT2D eigenvalue weighted by atomic mass is 10.1. The molecule has 2 aromatic rings. The Morgan fingerprint density at radius 3 is 2.78 bits per heavy atom. The number of phenolic OH excluding ortho intramolecular Hbond substituents is 1. The summed E-state index contributed by atoms with van der Waals surface area (Å²) in [5.41, 5.74) is 0.883. The lowest BCUT2D eigenvalue weighted by Crippen LogP contribution is -2.22. The van der Waals surface area contributed by atoms with Crippen LogP contribution in [0.4, 0.5) is 5.69 Å². The van der Waals surface area contributed by atoms with Gasteiger partial charge in [-0.05, 0) is 42.8 Å². The average molecular weight is 244 g/mol. The van der Waals surface area contributed by atoms with Gasteiger partial charge in [0.25, 0.3) is 11.5 Å². The van der Waals surface area contributed by atoms with Gasteiger partial charge in [0.05, 0.1) is 0 Å². The molecular weight excluding hydrogens is 232 g/mol. The van der Waals surface area contributed by atoms with Crippen LogP contribution in [0.15, 0.2) is 41.3 Å². The summed E-state index contributed by atoms with van der Waals surface area (Å²) in [7, 11) is 0. The van der Waals surface area contributed by atoms with Crippen LogP contribution in [-0.2, 0) is 0 Å². The van der Waals surface area contributed by atoms with E-state index < -0.39 is 11.5 Å². The van der Waals surface area contributed by atoms with Gasteiger partial charge in [0.15, 0.2) is 0 Å². The number of anilines is 1. The fourth-order valence-corrected chi connectivity index (χ4v) is 1.58. The Labute approximate surface area is 103 Å². The number of nitrogens with one attached hydrogen (secondary N) is 2. The second-order valence-corrected chi connectivity index (χ2v) is 3.87. The quantitative estimate of drug-likeness (QED) is 0.702. The molecule has 0 aliphatic heterocycles. The lowest BCUT2D eigenvalue weighted by molar-refractivity contribution is 0.102. The van der Waals surface area contributed by atoms with Crippen LogP contribution in [0, 0.1) is 6.92 Å². The Morgan fingerprint density at radius 1 is 1.33 bits per heavy atom. The largest absolute Gasteiger partial charge is 0.508 e. The minimum absolute atomic E-state index is 0.0463. The van der Waals surface area contributed by atoms with Crippen molar-refractivity contribution in [2.24, 2.45) is 0 Å². The van der Waals surface area contributed by atoms with Gasteiger partial charge in [-0.1, -0.05) is 0 Å². The Kier molecular flexibility index (Phi) is 3.14. The third-order valence-corrected chi connectivity index (χ3v) is 2.52. The SMILES string of the molecule is Cc1cc(O)ccc1NC(=O)c1ccc[nH]c1=O. The van der Waals surface area contributed by atoms with Gasteiger partial charge < -0.3 is 15.4 Å². The van der Waals surface area contributed by atoms with Crippen LogP contribution < -0.4 is 10.9 Å². The van der Waals surface area contributed by atoms with E-state index in [0.29, 0.717) is 5.69 Å². The van der Waals surface area contributed by atoms with E-state index in [0.717, 1.165) is 5.56 Å². The molecule has 5 heteroatoms. The normalized spacial score (nSPS) is 10.1. The molecule has 0 fully saturated rings. The van der Waals surface area contributed by atoms with E-state index in [1.54, 1.807) is 19.1 Å². The molecule has 0 aliphatic rings. The average Bonchev–Trinajstić information content (AvgIpc) is 2.33. The number of carbonyl (C=O) groups is 1. The zero-order valence-corrected chi connectivity index (χ0v) is 9.73. The summed E-state index contributed by atoms with van der Waals surface area (Å²) in [4.78, 5) is 25.7. The van der Waals surface area contributed by atoms with Crippen molar-refractivity contribution in [3.05, 3.63) is 58.0 Å². The number of pyridine rings is 1. The summed E-state index contributed by atoms with van der Waals surface area (Å²) in [6.07, 6.45) is 1.46. The molecule has 5 nitrogen and oxygen atoms in total. The molecule has 0 saturated carbocycles. The molecule has 0 unspecified atom stereocenters. The first-order chi connectivity index (χ1) is 8.58. The molecule has 3 N–H and O–H groups in total. The van der Waals surface area contributed by atoms with Gasteiger partial charge in [0, 0.05) is 11.9 Å². The molecule has 92 valence electrons. The fraction of sp³-hybridized carbons (Fsp3) is 0.0769. The number of phenols is 1. The van der Waals surface area contributed by atoms with E-state index in [9.17, 15) is 14.7 Å². The first-order valence-electron chi connectivity index (χ1n) is 5.36. The number of aromatic amines is 1. The molecule has 1 heterocycles. The monoisotopic (exact) mass is 244 g/mol. The van der Waals surface area contributed by atoms with Crippen molar-refractivity contribution < 1.29 is 9.90 Å². The van der Waals surface area contributed by atoms with E-state index in [-0.39, 0.29) is 11.3 Å². The minimum atomic E-state index is -0.481. The minimum Gasteiger partial charge on any atom is -0.508 e. The van der Waals surface area contributed by atoms with Gasteiger partial charge in [-0.25, -0.2) is 0 Å². The van der Waals surface area contributed by atoms with Crippen LogP contribution in [0.25, 0.3) is 0 Å². The maximum atomic E-state index is 11.9. The van der Waals surface area contributed by atoms with Gasteiger partial charge >= 0.3 is 0 Å². The number of aromatic nitrogens is 1. The number of benzene rings is 1. The second-order valence-electron chi connectivity index (χ2n) is 3.87. The van der Waals surface area contributed by atoms with Crippen molar-refractivity contribution in [1.82, 2.24) is 4.98 Å². The van der Waals surface area contributed by atoms with E-state index in [1.807, 2.05) is 0 Å².